The van der Waals surface area contributed by atoms with Gasteiger partial charge in [-0.3, -0.25) is 14.2 Å². The van der Waals surface area contributed by atoms with Crippen molar-refractivity contribution in [2.24, 2.45) is 0 Å². The van der Waals surface area contributed by atoms with Gasteiger partial charge >= 0.3 is 5.69 Å². The number of nitrogens with one attached hydrogen (secondary N) is 3. The molecule has 7 nitrogen and oxygen atoms in total. The standard InChI is InChI=1S/C18H24N4O3/c1-3-19-16(23)11(2)20-17(24)12-8-9-15-14(10-12)21-18(25)22(15)13-6-4-5-7-13/h8-11,13H,3-7H2,1-2H3,(H,19,23)(H,20,24)(H,21,25). The third kappa shape index (κ3) is 3.45. The highest BCUT2D eigenvalue weighted by molar-refractivity contribution is 5.99. The van der Waals surface area contributed by atoms with Crippen LogP contribution in [-0.2, 0) is 4.79 Å². The summed E-state index contributed by atoms with van der Waals surface area (Å²) in [6.07, 6.45) is 4.31. The number of rotatable bonds is 5. The van der Waals surface area contributed by atoms with Crippen molar-refractivity contribution in [2.45, 2.75) is 51.6 Å². The van der Waals surface area contributed by atoms with Crippen molar-refractivity contribution in [3.05, 3.63) is 34.2 Å². The first kappa shape index (κ1) is 17.3. The van der Waals surface area contributed by atoms with Crippen LogP contribution in [0.3, 0.4) is 0 Å². The third-order valence-corrected chi connectivity index (χ3v) is 4.76. The van der Waals surface area contributed by atoms with Crippen LogP contribution >= 0.6 is 0 Å². The third-order valence-electron chi connectivity index (χ3n) is 4.76. The summed E-state index contributed by atoms with van der Waals surface area (Å²) >= 11 is 0. The summed E-state index contributed by atoms with van der Waals surface area (Å²) in [5, 5.41) is 5.34. The van der Waals surface area contributed by atoms with Gasteiger partial charge < -0.3 is 15.6 Å². The number of amides is 2. The number of aromatic nitrogens is 2. The Morgan fingerprint density at radius 2 is 2.04 bits per heavy atom. The van der Waals surface area contributed by atoms with Crippen molar-refractivity contribution in [3.63, 3.8) is 0 Å². The predicted molar refractivity (Wildman–Crippen MR) is 95.7 cm³/mol. The van der Waals surface area contributed by atoms with Crippen molar-refractivity contribution in [2.75, 3.05) is 6.54 Å². The average molecular weight is 344 g/mol. The summed E-state index contributed by atoms with van der Waals surface area (Å²) in [5.41, 5.74) is 1.76. The van der Waals surface area contributed by atoms with Gasteiger partial charge in [0.15, 0.2) is 0 Å². The fourth-order valence-electron chi connectivity index (χ4n) is 3.47. The van der Waals surface area contributed by atoms with E-state index in [9.17, 15) is 14.4 Å². The molecule has 0 saturated heterocycles. The summed E-state index contributed by atoms with van der Waals surface area (Å²) < 4.78 is 1.81. The molecular weight excluding hydrogens is 320 g/mol. The van der Waals surface area contributed by atoms with Gasteiger partial charge in [0.2, 0.25) is 5.91 Å². The summed E-state index contributed by atoms with van der Waals surface area (Å²) in [6.45, 7) is 3.98. The molecule has 3 rings (SSSR count). The van der Waals surface area contributed by atoms with Crippen molar-refractivity contribution in [1.29, 1.82) is 0 Å². The highest BCUT2D eigenvalue weighted by Gasteiger charge is 2.22. The summed E-state index contributed by atoms with van der Waals surface area (Å²) in [4.78, 5) is 39.2. The van der Waals surface area contributed by atoms with Crippen LogP contribution in [0.25, 0.3) is 11.0 Å². The molecule has 1 aliphatic rings. The SMILES string of the molecule is CCNC(=O)C(C)NC(=O)c1ccc2c(c1)[nH]c(=O)n2C1CCCC1. The molecule has 1 atom stereocenters. The molecule has 0 radical (unpaired) electrons. The lowest BCUT2D eigenvalue weighted by molar-refractivity contribution is -0.122. The first-order valence-corrected chi connectivity index (χ1v) is 8.84. The molecule has 0 bridgehead atoms. The number of benzene rings is 1. The Bertz CT molecular complexity index is 846. The highest BCUT2D eigenvalue weighted by Crippen LogP contribution is 2.30. The van der Waals surface area contributed by atoms with Crippen molar-refractivity contribution in [3.8, 4) is 0 Å². The van der Waals surface area contributed by atoms with Crippen LogP contribution in [0.2, 0.25) is 0 Å². The minimum absolute atomic E-state index is 0.129. The van der Waals surface area contributed by atoms with Crippen LogP contribution in [0.5, 0.6) is 0 Å². The summed E-state index contributed by atoms with van der Waals surface area (Å²) in [6, 6.07) is 4.78. The van der Waals surface area contributed by atoms with Gasteiger partial charge in [0.05, 0.1) is 11.0 Å². The lowest BCUT2D eigenvalue weighted by Crippen LogP contribution is -2.44. The molecule has 0 spiro atoms. The molecule has 1 aliphatic carbocycles. The van der Waals surface area contributed by atoms with E-state index in [1.165, 1.54) is 0 Å². The van der Waals surface area contributed by atoms with E-state index < -0.39 is 6.04 Å². The predicted octanol–water partition coefficient (Wildman–Crippen LogP) is 1.70. The van der Waals surface area contributed by atoms with Crippen LogP contribution in [0.1, 0.15) is 55.9 Å². The second-order valence-electron chi connectivity index (χ2n) is 6.56. The Balaban J connectivity index is 1.83. The second-order valence-corrected chi connectivity index (χ2v) is 6.56. The molecular formula is C18H24N4O3. The van der Waals surface area contributed by atoms with Crippen molar-refractivity contribution >= 4 is 22.8 Å². The van der Waals surface area contributed by atoms with Gasteiger partial charge in [-0.15, -0.1) is 0 Å². The number of hydrogen-bond donors (Lipinski definition) is 3. The zero-order chi connectivity index (χ0) is 18.0. The zero-order valence-corrected chi connectivity index (χ0v) is 14.6. The molecule has 3 N–H and O–H groups in total. The van der Waals surface area contributed by atoms with E-state index in [1.807, 2.05) is 6.92 Å². The maximum absolute atomic E-state index is 12.4. The Labute approximate surface area is 145 Å². The minimum atomic E-state index is -0.620. The average Bonchev–Trinajstić information content (AvgIpc) is 3.20. The van der Waals surface area contributed by atoms with Crippen LogP contribution < -0.4 is 16.3 Å². The maximum atomic E-state index is 12.4. The molecule has 2 aromatic rings. The molecule has 134 valence electrons. The molecule has 1 heterocycles. The van der Waals surface area contributed by atoms with E-state index in [1.54, 1.807) is 29.7 Å². The van der Waals surface area contributed by atoms with Crippen LogP contribution in [0.4, 0.5) is 0 Å². The number of hydrogen-bond acceptors (Lipinski definition) is 3. The van der Waals surface area contributed by atoms with E-state index in [4.69, 9.17) is 0 Å². The van der Waals surface area contributed by atoms with E-state index in [-0.39, 0.29) is 23.5 Å². The maximum Gasteiger partial charge on any atom is 0.326 e. The van der Waals surface area contributed by atoms with Gasteiger partial charge in [-0.2, -0.15) is 0 Å². The number of carbonyl (C=O) groups is 2. The Hall–Kier alpha value is -2.57. The molecule has 0 aliphatic heterocycles. The Kier molecular flexibility index (Phi) is 4.92. The lowest BCUT2D eigenvalue weighted by atomic mass is 10.1. The van der Waals surface area contributed by atoms with Gasteiger partial charge in [0.1, 0.15) is 6.04 Å². The number of fused-ring (bicyclic) bond motifs is 1. The van der Waals surface area contributed by atoms with Crippen molar-refractivity contribution in [1.82, 2.24) is 20.2 Å². The summed E-state index contributed by atoms with van der Waals surface area (Å²) in [5.74, 6) is -0.562. The van der Waals surface area contributed by atoms with Crippen LogP contribution in [0.15, 0.2) is 23.0 Å². The number of imidazole rings is 1. The quantitative estimate of drug-likeness (QED) is 0.770. The Morgan fingerprint density at radius 1 is 1.32 bits per heavy atom. The molecule has 7 heteroatoms. The topological polar surface area (TPSA) is 96.0 Å². The second kappa shape index (κ2) is 7.13. The minimum Gasteiger partial charge on any atom is -0.355 e. The highest BCUT2D eigenvalue weighted by atomic mass is 16.2. The zero-order valence-electron chi connectivity index (χ0n) is 14.6. The molecule has 2 amide bonds. The smallest absolute Gasteiger partial charge is 0.326 e. The Morgan fingerprint density at radius 3 is 2.72 bits per heavy atom. The molecule has 1 unspecified atom stereocenters. The normalized spacial score (nSPS) is 16.1. The van der Waals surface area contributed by atoms with Crippen molar-refractivity contribution < 1.29 is 9.59 Å². The van der Waals surface area contributed by atoms with Crippen LogP contribution in [0, 0.1) is 0 Å². The monoisotopic (exact) mass is 344 g/mol. The molecule has 1 aromatic carbocycles. The van der Waals surface area contributed by atoms with Gasteiger partial charge in [0.25, 0.3) is 5.91 Å². The molecule has 1 saturated carbocycles. The van der Waals surface area contributed by atoms with Gasteiger partial charge in [0, 0.05) is 18.2 Å². The molecule has 1 fully saturated rings. The van der Waals surface area contributed by atoms with E-state index >= 15 is 0 Å². The first-order chi connectivity index (χ1) is 12.0. The molecule has 1 aromatic heterocycles. The van der Waals surface area contributed by atoms with Crippen LogP contribution in [-0.4, -0.2) is 34.0 Å². The molecule has 25 heavy (non-hydrogen) atoms. The van der Waals surface area contributed by atoms with E-state index in [2.05, 4.69) is 15.6 Å². The van der Waals surface area contributed by atoms with E-state index in [0.717, 1.165) is 31.2 Å². The fraction of sp³-hybridized carbons (Fsp3) is 0.500. The summed E-state index contributed by atoms with van der Waals surface area (Å²) in [7, 11) is 0. The van der Waals surface area contributed by atoms with E-state index in [0.29, 0.717) is 17.6 Å². The fourth-order valence-corrected chi connectivity index (χ4v) is 3.47. The number of likely N-dealkylation sites (N-methyl/N-ethyl adjacent to an activating group) is 1. The number of H-pyrrole nitrogens is 1. The largest absolute Gasteiger partial charge is 0.355 e. The van der Waals surface area contributed by atoms with Gasteiger partial charge in [-0.1, -0.05) is 12.8 Å². The van der Waals surface area contributed by atoms with Gasteiger partial charge in [-0.25, -0.2) is 4.79 Å². The number of nitrogens with zero attached hydrogens (tertiary/aromatic N) is 1. The number of carbonyl (C=O) groups excluding carboxylic acids is 2. The first-order valence-electron chi connectivity index (χ1n) is 8.84. The number of aromatic amines is 1. The van der Waals surface area contributed by atoms with Gasteiger partial charge in [-0.05, 0) is 44.9 Å². The lowest BCUT2D eigenvalue weighted by Gasteiger charge is -2.14.